The number of fused-ring (bicyclic) bond motifs is 3. The van der Waals surface area contributed by atoms with E-state index >= 15 is 0 Å². The molecule has 0 saturated heterocycles. The van der Waals surface area contributed by atoms with Crippen molar-refractivity contribution in [1.82, 2.24) is 19.5 Å². The van der Waals surface area contributed by atoms with Crippen LogP contribution in [0.5, 0.6) is 0 Å². The molecule has 48 heavy (non-hydrogen) atoms. The van der Waals surface area contributed by atoms with Crippen LogP contribution in [0.1, 0.15) is 5.56 Å². The van der Waals surface area contributed by atoms with Crippen LogP contribution in [0.3, 0.4) is 0 Å². The van der Waals surface area contributed by atoms with E-state index in [1.54, 1.807) is 6.07 Å². The summed E-state index contributed by atoms with van der Waals surface area (Å²) in [5.74, 6) is 1.79. The minimum atomic E-state index is -0.331. The highest BCUT2D eigenvalue weighted by atomic mass is 16.2. The molecule has 0 amide bonds. The largest absolute Gasteiger partial charge is 0.278 e. The lowest BCUT2D eigenvalue weighted by Gasteiger charge is -2.17. The maximum absolute atomic E-state index is 13.5. The summed E-state index contributed by atoms with van der Waals surface area (Å²) in [6, 6.07) is 47.6. The first-order valence-corrected chi connectivity index (χ1v) is 15.7. The predicted molar refractivity (Wildman–Crippen MR) is 193 cm³/mol. The number of carbonyl (C=O) groups excluding carboxylic acids is 1. The number of hydrogen-bond acceptors (Lipinski definition) is 5. The summed E-state index contributed by atoms with van der Waals surface area (Å²) < 4.78 is 1.24. The third-order valence-electron chi connectivity index (χ3n) is 8.73. The Morgan fingerprint density at radius 3 is 1.56 bits per heavy atom. The van der Waals surface area contributed by atoms with E-state index in [2.05, 4.69) is 24.3 Å². The normalized spacial score (nSPS) is 11.2. The lowest BCUT2D eigenvalue weighted by Crippen LogP contribution is -2.21. The van der Waals surface area contributed by atoms with Crippen molar-refractivity contribution in [2.24, 2.45) is 0 Å². The smallest absolute Gasteiger partial charge is 0.265 e. The van der Waals surface area contributed by atoms with Gasteiger partial charge in [0.2, 0.25) is 6.41 Å². The predicted octanol–water partition coefficient (Wildman–Crippen LogP) is 9.02. The van der Waals surface area contributed by atoms with Crippen molar-refractivity contribution in [3.8, 4) is 56.4 Å². The average molecular weight is 621 g/mol. The van der Waals surface area contributed by atoms with E-state index < -0.39 is 0 Å². The number of aromatic nitrogens is 4. The highest BCUT2D eigenvalue weighted by Crippen LogP contribution is 2.38. The molecule has 228 valence electrons. The SMILES string of the molecule is Cc1ccccc1-c1cc(-c2ccc(-c3nc(-c4ccccc4)nc(-c4ccccc4)n3)cc2)cc2c3ccccc3c(=O)n(C=O)c12. The van der Waals surface area contributed by atoms with Crippen LogP contribution in [0.15, 0.2) is 150 Å². The Kier molecular flexibility index (Phi) is 7.23. The zero-order valence-electron chi connectivity index (χ0n) is 26.0. The van der Waals surface area contributed by atoms with Crippen LogP contribution in [0.4, 0.5) is 0 Å². The zero-order chi connectivity index (χ0) is 32.6. The average Bonchev–Trinajstić information content (AvgIpc) is 3.16. The Morgan fingerprint density at radius 2 is 0.979 bits per heavy atom. The summed E-state index contributed by atoms with van der Waals surface area (Å²) in [7, 11) is 0. The summed E-state index contributed by atoms with van der Waals surface area (Å²) in [6.07, 6.45) is 0.621. The first-order valence-electron chi connectivity index (χ1n) is 15.7. The molecule has 6 heteroatoms. The van der Waals surface area contributed by atoms with E-state index in [-0.39, 0.29) is 5.56 Å². The number of aryl methyl sites for hydroxylation is 1. The van der Waals surface area contributed by atoms with Gasteiger partial charge < -0.3 is 0 Å². The van der Waals surface area contributed by atoms with Gasteiger partial charge in [0, 0.05) is 33.0 Å². The standard InChI is InChI=1S/C42H28N4O2/c1-27-12-8-9-17-33(27)36-24-32(25-37-34-18-10-11-19-35(34)42(48)46(26-47)38(36)37)28-20-22-31(23-21-28)41-44-39(29-13-4-2-5-14-29)43-40(45-41)30-15-6-3-7-16-30/h2-26H,1H3. The van der Waals surface area contributed by atoms with Gasteiger partial charge in [0.15, 0.2) is 17.5 Å². The molecule has 0 fully saturated rings. The van der Waals surface area contributed by atoms with Crippen molar-refractivity contribution in [2.75, 3.05) is 0 Å². The zero-order valence-corrected chi connectivity index (χ0v) is 26.0. The van der Waals surface area contributed by atoms with Crippen LogP contribution >= 0.6 is 0 Å². The molecule has 8 aromatic rings. The first-order chi connectivity index (χ1) is 23.6. The molecule has 0 atom stereocenters. The number of rotatable bonds is 6. The van der Waals surface area contributed by atoms with Crippen LogP contribution in [-0.4, -0.2) is 25.9 Å². The van der Waals surface area contributed by atoms with Crippen LogP contribution in [0, 0.1) is 6.92 Å². The topological polar surface area (TPSA) is 77.7 Å². The van der Waals surface area contributed by atoms with Gasteiger partial charge in [0.1, 0.15) is 0 Å². The van der Waals surface area contributed by atoms with Crippen molar-refractivity contribution in [3.63, 3.8) is 0 Å². The molecule has 0 bridgehead atoms. The number of pyridine rings is 1. The van der Waals surface area contributed by atoms with E-state index in [1.807, 2.05) is 122 Å². The quantitative estimate of drug-likeness (QED) is 0.137. The van der Waals surface area contributed by atoms with Gasteiger partial charge in [-0.2, -0.15) is 0 Å². The Hall–Kier alpha value is -6.53. The van der Waals surface area contributed by atoms with E-state index in [9.17, 15) is 9.59 Å². The Morgan fingerprint density at radius 1 is 0.479 bits per heavy atom. The molecular formula is C42H28N4O2. The van der Waals surface area contributed by atoms with Crippen molar-refractivity contribution in [2.45, 2.75) is 6.92 Å². The molecule has 2 heterocycles. The summed E-state index contributed by atoms with van der Waals surface area (Å²) in [4.78, 5) is 40.5. The lowest BCUT2D eigenvalue weighted by molar-refractivity contribution is 0.547. The number of nitrogens with zero attached hydrogens (tertiary/aromatic N) is 4. The third kappa shape index (κ3) is 5.06. The molecule has 2 aromatic heterocycles. The Balaban J connectivity index is 1.31. The Labute approximate surface area is 276 Å². The maximum Gasteiger partial charge on any atom is 0.265 e. The van der Waals surface area contributed by atoms with E-state index in [0.717, 1.165) is 55.3 Å². The van der Waals surface area contributed by atoms with Gasteiger partial charge in [-0.3, -0.25) is 9.59 Å². The number of hydrogen-bond donors (Lipinski definition) is 0. The first kappa shape index (κ1) is 28.9. The Bertz CT molecular complexity index is 2480. The van der Waals surface area contributed by atoms with Gasteiger partial charge in [-0.25, -0.2) is 19.5 Å². The van der Waals surface area contributed by atoms with E-state index in [1.165, 1.54) is 4.57 Å². The van der Waals surface area contributed by atoms with E-state index in [0.29, 0.717) is 34.8 Å². The fraction of sp³-hybridized carbons (Fsp3) is 0.0238. The fourth-order valence-electron chi connectivity index (χ4n) is 6.33. The van der Waals surface area contributed by atoms with Gasteiger partial charge >= 0.3 is 0 Å². The molecular weight excluding hydrogens is 592 g/mol. The molecule has 0 spiro atoms. The molecule has 6 nitrogen and oxygen atoms in total. The molecule has 0 unspecified atom stereocenters. The van der Waals surface area contributed by atoms with Crippen molar-refractivity contribution >= 4 is 28.1 Å². The van der Waals surface area contributed by atoms with Crippen molar-refractivity contribution < 1.29 is 4.79 Å². The van der Waals surface area contributed by atoms with Crippen LogP contribution in [0.2, 0.25) is 0 Å². The van der Waals surface area contributed by atoms with Crippen LogP contribution < -0.4 is 5.56 Å². The molecule has 0 aliphatic heterocycles. The van der Waals surface area contributed by atoms with Crippen molar-refractivity contribution in [3.05, 3.63) is 162 Å². The van der Waals surface area contributed by atoms with Crippen LogP contribution in [-0.2, 0) is 4.79 Å². The van der Waals surface area contributed by atoms with Crippen LogP contribution in [0.25, 0.3) is 78.1 Å². The van der Waals surface area contributed by atoms with Crippen molar-refractivity contribution in [1.29, 1.82) is 0 Å². The van der Waals surface area contributed by atoms with E-state index in [4.69, 9.17) is 15.0 Å². The molecule has 6 aromatic carbocycles. The highest BCUT2D eigenvalue weighted by molar-refractivity contribution is 6.13. The minimum Gasteiger partial charge on any atom is -0.278 e. The molecule has 0 saturated carbocycles. The second-order valence-electron chi connectivity index (χ2n) is 11.7. The third-order valence-corrected chi connectivity index (χ3v) is 8.73. The highest BCUT2D eigenvalue weighted by Gasteiger charge is 2.18. The van der Waals surface area contributed by atoms with Gasteiger partial charge in [-0.1, -0.05) is 127 Å². The summed E-state index contributed by atoms with van der Waals surface area (Å²) in [6.45, 7) is 2.04. The molecule has 0 aliphatic carbocycles. The van der Waals surface area contributed by atoms with Gasteiger partial charge in [-0.15, -0.1) is 0 Å². The lowest BCUT2D eigenvalue weighted by atomic mass is 9.91. The second kappa shape index (κ2) is 12.0. The molecule has 0 aliphatic rings. The van der Waals surface area contributed by atoms with Gasteiger partial charge in [-0.05, 0) is 52.8 Å². The van der Waals surface area contributed by atoms with Gasteiger partial charge in [0.05, 0.1) is 5.52 Å². The second-order valence-corrected chi connectivity index (χ2v) is 11.7. The summed E-state index contributed by atoms with van der Waals surface area (Å²) in [5, 5.41) is 2.13. The number of benzene rings is 6. The maximum atomic E-state index is 13.5. The number of carbonyl (C=O) groups is 1. The minimum absolute atomic E-state index is 0.331. The monoisotopic (exact) mass is 620 g/mol. The summed E-state index contributed by atoms with van der Waals surface area (Å²) >= 11 is 0. The molecule has 8 rings (SSSR count). The fourth-order valence-corrected chi connectivity index (χ4v) is 6.33. The summed E-state index contributed by atoms with van der Waals surface area (Å²) in [5.41, 5.74) is 7.70. The molecule has 0 radical (unpaired) electrons. The van der Waals surface area contributed by atoms with Gasteiger partial charge in [0.25, 0.3) is 5.56 Å². The molecule has 0 N–H and O–H groups in total.